The molecule has 1 rings (SSSR count). The van der Waals surface area contributed by atoms with Crippen LogP contribution < -0.4 is 16.8 Å². The van der Waals surface area contributed by atoms with Crippen LogP contribution in [0.2, 0.25) is 0 Å². The molecule has 1 aliphatic rings. The minimum Gasteiger partial charge on any atom is -0.352 e. The molecule has 6 nitrogen and oxygen atoms in total. The third kappa shape index (κ3) is 5.46. The van der Waals surface area contributed by atoms with Crippen molar-refractivity contribution in [1.82, 2.24) is 10.2 Å². The smallest absolute Gasteiger partial charge is 0.312 e. The molecular weight excluding hydrogens is 244 g/mol. The summed E-state index contributed by atoms with van der Waals surface area (Å²) in [5.74, 6) is 0.320. The summed E-state index contributed by atoms with van der Waals surface area (Å²) >= 11 is 0. The van der Waals surface area contributed by atoms with Gasteiger partial charge in [0.2, 0.25) is 5.91 Å². The van der Waals surface area contributed by atoms with Crippen molar-refractivity contribution in [3.05, 3.63) is 0 Å². The predicted molar refractivity (Wildman–Crippen MR) is 74.4 cm³/mol. The first-order valence-electron chi connectivity index (χ1n) is 7.12. The van der Waals surface area contributed by atoms with Gasteiger partial charge in [0.1, 0.15) is 0 Å². The van der Waals surface area contributed by atoms with Gasteiger partial charge in [-0.1, -0.05) is 19.8 Å². The number of nitrogens with two attached hydrogens (primary N) is 2. The molecule has 0 spiro atoms. The van der Waals surface area contributed by atoms with Gasteiger partial charge >= 0.3 is 6.03 Å². The van der Waals surface area contributed by atoms with Crippen molar-refractivity contribution in [3.8, 4) is 0 Å². The van der Waals surface area contributed by atoms with E-state index in [1.165, 1.54) is 0 Å². The highest BCUT2D eigenvalue weighted by molar-refractivity contribution is 5.81. The first-order valence-corrected chi connectivity index (χ1v) is 7.12. The number of amides is 3. The molecule has 3 amide bonds. The molecule has 0 radical (unpaired) electrons. The van der Waals surface area contributed by atoms with Gasteiger partial charge in [-0.05, 0) is 25.2 Å². The Morgan fingerprint density at radius 3 is 2.84 bits per heavy atom. The van der Waals surface area contributed by atoms with Crippen LogP contribution in [0, 0.1) is 5.92 Å². The summed E-state index contributed by atoms with van der Waals surface area (Å²) in [6, 6.07) is -0.897. The number of piperidine rings is 1. The lowest BCUT2D eigenvalue weighted by Gasteiger charge is -2.34. The topological polar surface area (TPSA) is 101 Å². The Morgan fingerprint density at radius 2 is 2.21 bits per heavy atom. The van der Waals surface area contributed by atoms with Gasteiger partial charge < -0.3 is 21.7 Å². The lowest BCUT2D eigenvalue weighted by Crippen LogP contribution is -2.49. The number of nitrogens with one attached hydrogen (secondary N) is 1. The van der Waals surface area contributed by atoms with Crippen LogP contribution in [0.25, 0.3) is 0 Å². The molecule has 6 heteroatoms. The van der Waals surface area contributed by atoms with E-state index in [0.717, 1.165) is 38.6 Å². The van der Waals surface area contributed by atoms with Crippen LogP contribution in [0.15, 0.2) is 0 Å². The van der Waals surface area contributed by atoms with E-state index >= 15 is 0 Å². The van der Waals surface area contributed by atoms with Gasteiger partial charge in [-0.2, -0.15) is 0 Å². The third-order valence-electron chi connectivity index (χ3n) is 3.58. The Bertz CT molecular complexity index is 309. The first-order chi connectivity index (χ1) is 9.04. The molecular formula is C13H26N4O2. The number of primary amides is 1. The van der Waals surface area contributed by atoms with Gasteiger partial charge in [-0.25, -0.2) is 4.79 Å². The molecule has 0 saturated carbocycles. The van der Waals surface area contributed by atoms with E-state index in [1.807, 2.05) is 4.90 Å². The second-order valence-corrected chi connectivity index (χ2v) is 5.29. The van der Waals surface area contributed by atoms with Crippen LogP contribution in [0.3, 0.4) is 0 Å². The van der Waals surface area contributed by atoms with E-state index < -0.39 is 6.03 Å². The number of hydrogen-bond donors (Lipinski definition) is 3. The van der Waals surface area contributed by atoms with E-state index in [0.29, 0.717) is 13.1 Å². The number of rotatable bonds is 6. The average Bonchev–Trinajstić information content (AvgIpc) is 2.42. The lowest BCUT2D eigenvalue weighted by atomic mass is 9.97. The van der Waals surface area contributed by atoms with E-state index in [4.69, 9.17) is 11.5 Å². The Hall–Kier alpha value is -1.30. The number of unbranched alkanes of at least 4 members (excludes halogenated alkanes) is 1. The maximum atomic E-state index is 12.2. The van der Waals surface area contributed by atoms with E-state index in [1.54, 1.807) is 0 Å². The van der Waals surface area contributed by atoms with Gasteiger partial charge in [0.15, 0.2) is 0 Å². The molecule has 19 heavy (non-hydrogen) atoms. The minimum absolute atomic E-state index is 0.0391. The van der Waals surface area contributed by atoms with Crippen molar-refractivity contribution in [3.63, 3.8) is 0 Å². The number of likely N-dealkylation sites (tertiary alicyclic amines) is 1. The van der Waals surface area contributed by atoms with Gasteiger partial charge in [0.25, 0.3) is 0 Å². The lowest BCUT2D eigenvalue weighted by molar-refractivity contribution is -0.134. The molecule has 0 aromatic rings. The maximum Gasteiger partial charge on any atom is 0.312 e. The maximum absolute atomic E-state index is 12.2. The second kappa shape index (κ2) is 7.99. The van der Waals surface area contributed by atoms with Crippen molar-refractivity contribution in [2.24, 2.45) is 17.4 Å². The molecule has 0 aromatic carbocycles. The summed E-state index contributed by atoms with van der Waals surface area (Å²) in [7, 11) is 0. The van der Waals surface area contributed by atoms with Gasteiger partial charge in [0.05, 0.1) is 6.04 Å². The Labute approximate surface area is 114 Å². The molecule has 5 N–H and O–H groups in total. The normalized spacial score (nSPS) is 20.9. The minimum atomic E-state index is -0.511. The molecule has 1 aliphatic heterocycles. The van der Waals surface area contributed by atoms with Crippen molar-refractivity contribution in [2.45, 2.75) is 45.1 Å². The van der Waals surface area contributed by atoms with Gasteiger partial charge in [-0.15, -0.1) is 0 Å². The fraction of sp³-hybridized carbons (Fsp3) is 0.846. The summed E-state index contributed by atoms with van der Waals surface area (Å²) in [6.07, 6.45) is 4.74. The Balaban J connectivity index is 2.40. The second-order valence-electron chi connectivity index (χ2n) is 5.29. The summed E-state index contributed by atoms with van der Waals surface area (Å²) in [4.78, 5) is 24.7. The molecule has 1 saturated heterocycles. The summed E-state index contributed by atoms with van der Waals surface area (Å²) in [5.41, 5.74) is 11.0. The quantitative estimate of drug-likeness (QED) is 0.651. The highest BCUT2D eigenvalue weighted by atomic mass is 16.2. The molecule has 2 atom stereocenters. The average molecular weight is 270 g/mol. The van der Waals surface area contributed by atoms with Crippen molar-refractivity contribution in [2.75, 3.05) is 19.6 Å². The highest BCUT2D eigenvalue weighted by Crippen LogP contribution is 2.17. The van der Waals surface area contributed by atoms with Crippen LogP contribution in [-0.2, 0) is 4.79 Å². The zero-order valence-electron chi connectivity index (χ0n) is 11.7. The van der Waals surface area contributed by atoms with Crippen LogP contribution >= 0.6 is 0 Å². The number of urea groups is 1. The monoisotopic (exact) mass is 270 g/mol. The van der Waals surface area contributed by atoms with E-state index in [2.05, 4.69) is 12.2 Å². The predicted octanol–water partition coefficient (Wildman–Crippen LogP) is 0.411. The number of hydrogen-bond acceptors (Lipinski definition) is 3. The molecule has 0 bridgehead atoms. The third-order valence-corrected chi connectivity index (χ3v) is 3.58. The van der Waals surface area contributed by atoms with Crippen LogP contribution in [0.1, 0.15) is 39.0 Å². The molecule has 0 aromatic heterocycles. The Morgan fingerprint density at radius 1 is 1.47 bits per heavy atom. The number of carbonyl (C=O) groups excluding carboxylic acids is 2. The van der Waals surface area contributed by atoms with Crippen molar-refractivity contribution >= 4 is 11.9 Å². The standard InChI is InChI=1S/C13H26N4O2/c1-2-3-6-11(14)12(18)17-7-4-5-10(9-17)8-16-13(15)19/h10-11H,2-9,14H2,1H3,(H3,15,16,19). The zero-order valence-corrected chi connectivity index (χ0v) is 11.7. The molecule has 2 unspecified atom stereocenters. The first kappa shape index (κ1) is 15.8. The number of nitrogens with zero attached hydrogens (tertiary/aromatic N) is 1. The summed E-state index contributed by atoms with van der Waals surface area (Å²) in [6.45, 7) is 4.05. The molecule has 0 aliphatic carbocycles. The van der Waals surface area contributed by atoms with Gasteiger partial charge in [0, 0.05) is 19.6 Å². The van der Waals surface area contributed by atoms with E-state index in [9.17, 15) is 9.59 Å². The summed E-state index contributed by atoms with van der Waals surface area (Å²) < 4.78 is 0. The molecule has 1 heterocycles. The largest absolute Gasteiger partial charge is 0.352 e. The zero-order chi connectivity index (χ0) is 14.3. The fourth-order valence-electron chi connectivity index (χ4n) is 2.46. The highest BCUT2D eigenvalue weighted by Gasteiger charge is 2.26. The number of carbonyl (C=O) groups is 2. The van der Waals surface area contributed by atoms with Crippen molar-refractivity contribution in [1.29, 1.82) is 0 Å². The fourth-order valence-corrected chi connectivity index (χ4v) is 2.46. The van der Waals surface area contributed by atoms with Crippen LogP contribution in [-0.4, -0.2) is 42.5 Å². The van der Waals surface area contributed by atoms with Crippen LogP contribution in [0.5, 0.6) is 0 Å². The van der Waals surface area contributed by atoms with Gasteiger partial charge in [-0.3, -0.25) is 4.79 Å². The molecule has 110 valence electrons. The Kier molecular flexibility index (Phi) is 6.62. The van der Waals surface area contributed by atoms with Crippen LogP contribution in [0.4, 0.5) is 4.79 Å². The van der Waals surface area contributed by atoms with E-state index in [-0.39, 0.29) is 17.9 Å². The SMILES string of the molecule is CCCCC(N)C(=O)N1CCCC(CNC(N)=O)C1. The summed E-state index contributed by atoms with van der Waals surface area (Å²) in [5, 5.41) is 2.61. The molecule has 1 fully saturated rings. The van der Waals surface area contributed by atoms with Crippen molar-refractivity contribution < 1.29 is 9.59 Å².